The lowest BCUT2D eigenvalue weighted by Crippen LogP contribution is -2.45. The first-order valence-electron chi connectivity index (χ1n) is 9.45. The number of carbonyl (C=O) groups excluding carboxylic acids is 2. The molecule has 2 aliphatic rings. The number of hydrogen-bond acceptors (Lipinski definition) is 3. The van der Waals surface area contributed by atoms with Crippen LogP contribution in [0.5, 0.6) is 0 Å². The lowest BCUT2D eigenvalue weighted by molar-refractivity contribution is -0.122. The standard InChI is InChI=1S/C22H21ClN2O2S/c23-16-7-5-6-15(12-16)13-20-22(27)25(18-10-3-4-11-19(18)28-20)14-21(26)24-17-8-1-2-9-17/h3-7,10-13,17H,1-2,8-9,14H2,(H,24,26). The van der Waals surface area contributed by atoms with Crippen LogP contribution in [0, 0.1) is 0 Å². The van der Waals surface area contributed by atoms with Crippen molar-refractivity contribution in [1.29, 1.82) is 0 Å². The molecule has 6 heteroatoms. The molecule has 1 N–H and O–H groups in total. The Labute approximate surface area is 173 Å². The molecule has 0 saturated heterocycles. The molecular formula is C22H21ClN2O2S. The smallest absolute Gasteiger partial charge is 0.265 e. The van der Waals surface area contributed by atoms with Crippen molar-refractivity contribution in [3.63, 3.8) is 0 Å². The molecule has 0 bridgehead atoms. The minimum absolute atomic E-state index is 0.0276. The Kier molecular flexibility index (Phi) is 5.74. The summed E-state index contributed by atoms with van der Waals surface area (Å²) in [7, 11) is 0. The van der Waals surface area contributed by atoms with Gasteiger partial charge in [0.25, 0.3) is 5.91 Å². The van der Waals surface area contributed by atoms with Gasteiger partial charge in [-0.1, -0.05) is 60.5 Å². The first-order chi connectivity index (χ1) is 13.6. The van der Waals surface area contributed by atoms with Gasteiger partial charge in [-0.3, -0.25) is 14.5 Å². The van der Waals surface area contributed by atoms with Gasteiger partial charge in [0.2, 0.25) is 5.91 Å². The van der Waals surface area contributed by atoms with Gasteiger partial charge in [-0.25, -0.2) is 0 Å². The average Bonchev–Trinajstić information content (AvgIpc) is 3.18. The fourth-order valence-electron chi connectivity index (χ4n) is 3.65. The van der Waals surface area contributed by atoms with Crippen LogP contribution in [0.25, 0.3) is 6.08 Å². The Morgan fingerprint density at radius 3 is 2.75 bits per heavy atom. The predicted molar refractivity (Wildman–Crippen MR) is 114 cm³/mol. The molecule has 4 rings (SSSR count). The van der Waals surface area contributed by atoms with E-state index in [2.05, 4.69) is 5.32 Å². The van der Waals surface area contributed by atoms with E-state index in [-0.39, 0.29) is 24.4 Å². The number of halogens is 1. The van der Waals surface area contributed by atoms with E-state index in [1.807, 2.05) is 48.5 Å². The zero-order valence-electron chi connectivity index (χ0n) is 15.4. The number of fused-ring (bicyclic) bond motifs is 1. The molecule has 1 saturated carbocycles. The van der Waals surface area contributed by atoms with E-state index in [0.717, 1.165) is 41.8 Å². The van der Waals surface area contributed by atoms with Crippen molar-refractivity contribution in [3.8, 4) is 0 Å². The van der Waals surface area contributed by atoms with E-state index in [1.54, 1.807) is 11.0 Å². The van der Waals surface area contributed by atoms with Gasteiger partial charge in [-0.15, -0.1) is 0 Å². The predicted octanol–water partition coefficient (Wildman–Crippen LogP) is 4.88. The van der Waals surface area contributed by atoms with Crippen molar-refractivity contribution in [2.75, 3.05) is 11.4 Å². The van der Waals surface area contributed by atoms with E-state index in [9.17, 15) is 9.59 Å². The Hall–Kier alpha value is -2.24. The number of hydrogen-bond donors (Lipinski definition) is 1. The summed E-state index contributed by atoms with van der Waals surface area (Å²) < 4.78 is 0. The monoisotopic (exact) mass is 412 g/mol. The molecule has 1 aliphatic heterocycles. The second kappa shape index (κ2) is 8.41. The highest BCUT2D eigenvalue weighted by Gasteiger charge is 2.31. The van der Waals surface area contributed by atoms with Gasteiger partial charge in [-0.2, -0.15) is 0 Å². The lowest BCUT2D eigenvalue weighted by Gasteiger charge is -2.30. The summed E-state index contributed by atoms with van der Waals surface area (Å²) in [5.74, 6) is -0.269. The van der Waals surface area contributed by atoms with Gasteiger partial charge < -0.3 is 5.32 Å². The maximum Gasteiger partial charge on any atom is 0.265 e. The third kappa shape index (κ3) is 4.26. The molecule has 0 unspecified atom stereocenters. The molecule has 0 aromatic heterocycles. The molecule has 0 radical (unpaired) electrons. The number of benzene rings is 2. The largest absolute Gasteiger partial charge is 0.352 e. The van der Waals surface area contributed by atoms with Crippen LogP contribution in [0.15, 0.2) is 58.3 Å². The highest BCUT2D eigenvalue weighted by molar-refractivity contribution is 8.04. The molecule has 1 heterocycles. The van der Waals surface area contributed by atoms with E-state index < -0.39 is 0 Å². The summed E-state index contributed by atoms with van der Waals surface area (Å²) in [4.78, 5) is 28.9. The van der Waals surface area contributed by atoms with Crippen LogP contribution >= 0.6 is 23.4 Å². The molecule has 0 spiro atoms. The second-order valence-corrected chi connectivity index (χ2v) is 8.59. The number of thioether (sulfide) groups is 1. The Bertz CT molecular complexity index is 938. The van der Waals surface area contributed by atoms with Gasteiger partial charge >= 0.3 is 0 Å². The molecular weight excluding hydrogens is 392 g/mol. The van der Waals surface area contributed by atoms with Crippen molar-refractivity contribution in [3.05, 3.63) is 64.0 Å². The first kappa shape index (κ1) is 19.1. The number of anilines is 1. The van der Waals surface area contributed by atoms with Crippen LogP contribution in [0.2, 0.25) is 5.02 Å². The van der Waals surface area contributed by atoms with Gasteiger partial charge in [0.05, 0.1) is 10.6 Å². The highest BCUT2D eigenvalue weighted by atomic mass is 35.5. The minimum atomic E-state index is -0.162. The quantitative estimate of drug-likeness (QED) is 0.728. The Balaban J connectivity index is 1.60. The van der Waals surface area contributed by atoms with Gasteiger partial charge in [0.1, 0.15) is 6.54 Å². The summed E-state index contributed by atoms with van der Waals surface area (Å²) in [6.07, 6.45) is 6.17. The number of nitrogens with zero attached hydrogens (tertiary/aromatic N) is 1. The van der Waals surface area contributed by atoms with E-state index in [4.69, 9.17) is 11.6 Å². The minimum Gasteiger partial charge on any atom is -0.352 e. The van der Waals surface area contributed by atoms with Crippen LogP contribution in [0.3, 0.4) is 0 Å². The van der Waals surface area contributed by atoms with Gasteiger partial charge in [0.15, 0.2) is 0 Å². The molecule has 2 aromatic rings. The summed E-state index contributed by atoms with van der Waals surface area (Å²) in [5, 5.41) is 3.69. The first-order valence-corrected chi connectivity index (χ1v) is 10.6. The van der Waals surface area contributed by atoms with E-state index in [1.165, 1.54) is 11.8 Å². The van der Waals surface area contributed by atoms with E-state index >= 15 is 0 Å². The molecule has 144 valence electrons. The van der Waals surface area contributed by atoms with Gasteiger partial charge in [0, 0.05) is 16.0 Å². The molecule has 2 aromatic carbocycles. The topological polar surface area (TPSA) is 49.4 Å². The number of nitrogens with one attached hydrogen (secondary N) is 1. The van der Waals surface area contributed by atoms with Gasteiger partial charge in [-0.05, 0) is 48.7 Å². The zero-order chi connectivity index (χ0) is 19.5. The Morgan fingerprint density at radius 2 is 1.96 bits per heavy atom. The highest BCUT2D eigenvalue weighted by Crippen LogP contribution is 2.42. The van der Waals surface area contributed by atoms with Crippen LogP contribution < -0.4 is 10.2 Å². The number of para-hydroxylation sites is 1. The van der Waals surface area contributed by atoms with Crippen molar-refractivity contribution >= 4 is 46.9 Å². The third-order valence-corrected chi connectivity index (χ3v) is 6.31. The fourth-order valence-corrected chi connectivity index (χ4v) is 4.91. The zero-order valence-corrected chi connectivity index (χ0v) is 16.9. The van der Waals surface area contributed by atoms with E-state index in [0.29, 0.717) is 9.93 Å². The summed E-state index contributed by atoms with van der Waals surface area (Å²) >= 11 is 7.50. The average molecular weight is 413 g/mol. The van der Waals surface area contributed by atoms with Crippen LogP contribution in [0.4, 0.5) is 5.69 Å². The van der Waals surface area contributed by atoms with Crippen molar-refractivity contribution in [2.45, 2.75) is 36.6 Å². The molecule has 4 nitrogen and oxygen atoms in total. The van der Waals surface area contributed by atoms with Crippen molar-refractivity contribution in [2.24, 2.45) is 0 Å². The van der Waals surface area contributed by atoms with Crippen molar-refractivity contribution < 1.29 is 9.59 Å². The molecule has 1 fully saturated rings. The molecule has 2 amide bonds. The SMILES string of the molecule is O=C(CN1C(=O)C(=Cc2cccc(Cl)c2)Sc2ccccc21)NC1CCCC1. The molecule has 28 heavy (non-hydrogen) atoms. The number of amides is 2. The van der Waals surface area contributed by atoms with Crippen molar-refractivity contribution in [1.82, 2.24) is 5.32 Å². The third-order valence-electron chi connectivity index (χ3n) is 5.00. The lowest BCUT2D eigenvalue weighted by atomic mass is 10.2. The molecule has 1 aliphatic carbocycles. The fraction of sp³-hybridized carbons (Fsp3) is 0.273. The summed E-state index contributed by atoms with van der Waals surface area (Å²) in [6, 6.07) is 15.3. The summed E-state index contributed by atoms with van der Waals surface area (Å²) in [5.41, 5.74) is 1.64. The summed E-state index contributed by atoms with van der Waals surface area (Å²) in [6.45, 7) is 0.0276. The van der Waals surface area contributed by atoms with Crippen LogP contribution in [-0.2, 0) is 9.59 Å². The second-order valence-electron chi connectivity index (χ2n) is 7.07. The molecule has 0 atom stereocenters. The number of carbonyl (C=O) groups is 2. The van der Waals surface area contributed by atoms with Crippen LogP contribution in [-0.4, -0.2) is 24.4 Å². The maximum absolute atomic E-state index is 13.2. The normalized spacial score (nSPS) is 18.4. The maximum atomic E-state index is 13.2. The van der Waals surface area contributed by atoms with Crippen LogP contribution in [0.1, 0.15) is 31.2 Å². The Morgan fingerprint density at radius 1 is 1.18 bits per heavy atom. The number of rotatable bonds is 4.